The number of quaternary nitrogens is 1. The van der Waals surface area contributed by atoms with Crippen LogP contribution >= 0.6 is 7.82 Å². The van der Waals surface area contributed by atoms with E-state index in [-0.39, 0.29) is 25.7 Å². The highest BCUT2D eigenvalue weighted by Crippen LogP contribution is 2.40. The number of phosphoric acid groups is 1. The first-order valence-corrected chi connectivity index (χ1v) is 24.7. The lowest BCUT2D eigenvalue weighted by Gasteiger charge is -2.31. The summed E-state index contributed by atoms with van der Waals surface area (Å²) in [7, 11) is 3.12. The third-order valence-corrected chi connectivity index (χ3v) is 11.7. The van der Waals surface area contributed by atoms with Gasteiger partial charge in [0.15, 0.2) is 0 Å². The third-order valence-electron chi connectivity index (χ3n) is 10.6. The maximum Gasteiger partial charge on any atom is 0.268 e. The monoisotopic (exact) mass is 789 g/mol. The molecule has 2 atom stereocenters. The van der Waals surface area contributed by atoms with Gasteiger partial charge in [0.05, 0.1) is 27.7 Å². The Bertz CT molecular complexity index is 855. The molecule has 0 spiro atoms. The number of hydrogen-bond donors (Lipinski definition) is 0. The van der Waals surface area contributed by atoms with Crippen LogP contribution in [0.3, 0.4) is 0 Å². The minimum absolute atomic E-state index is 0.0156. The molecule has 0 aromatic heterocycles. The fourth-order valence-electron chi connectivity index (χ4n) is 6.97. The molecule has 0 aromatic carbocycles. The first-order chi connectivity index (χ1) is 26.0. The Morgan fingerprint density at radius 1 is 0.574 bits per heavy atom. The van der Waals surface area contributed by atoms with Crippen LogP contribution in [0, 0.1) is 0 Å². The fourth-order valence-corrected chi connectivity index (χ4v) is 7.83. The molecule has 0 fully saturated rings. The smallest absolute Gasteiger partial charge is 0.268 e. The highest BCUT2D eigenvalue weighted by molar-refractivity contribution is 7.45. The summed E-state index contributed by atoms with van der Waals surface area (Å²) < 4.78 is 29.9. The van der Waals surface area contributed by atoms with E-state index in [0.717, 1.165) is 32.1 Å². The number of carbonyl (C=O) groups excluding carboxylic acids is 1. The fraction of sp³-hybridized carbons (Fsp3) is 0.978. The number of amides is 1. The highest BCUT2D eigenvalue weighted by atomic mass is 31.2. The lowest BCUT2D eigenvalue weighted by atomic mass is 10.0. The molecule has 0 saturated carbocycles. The number of likely N-dealkylation sites (N-methyl/N-ethyl adjacent to an activating group) is 2. The summed E-state index contributed by atoms with van der Waals surface area (Å²) in [6.45, 7) is 5.95. The molecule has 0 N–H and O–H groups in total. The van der Waals surface area contributed by atoms with E-state index in [2.05, 4.69) is 13.8 Å². The Labute approximate surface area is 336 Å². The molecule has 2 unspecified atom stereocenters. The van der Waals surface area contributed by atoms with Gasteiger partial charge in [0.1, 0.15) is 19.3 Å². The summed E-state index contributed by atoms with van der Waals surface area (Å²) in [5.74, 6) is 0.0156. The van der Waals surface area contributed by atoms with E-state index in [1.165, 1.54) is 167 Å². The molecule has 0 rings (SSSR count). The van der Waals surface area contributed by atoms with Gasteiger partial charge in [-0.05, 0) is 12.8 Å². The Balaban J connectivity index is 4.23. The van der Waals surface area contributed by atoms with Crippen molar-refractivity contribution in [2.45, 2.75) is 225 Å². The summed E-state index contributed by atoms with van der Waals surface area (Å²) in [4.78, 5) is 27.2. The maximum absolute atomic E-state index is 12.9. The second-order valence-electron chi connectivity index (χ2n) is 17.4. The third kappa shape index (κ3) is 39.7. The Hall–Kier alpha value is -0.500. The standard InChI is InChI=1S/C45H93N2O6P/c1-7-9-11-13-15-17-19-21-22-23-24-25-27-29-31-33-35-37-40-51-43-44(53-54(49,50)52-41-39-47(4,5)6)42-46(3)45(48)38-36-34-32-30-28-26-20-18-16-14-12-10-8-2/h44H,7-43H2,1-6H3. The molecule has 324 valence electrons. The SMILES string of the molecule is CCCCCCCCCCCCCCCCCCCCOCC(CN(C)C(=O)CCCCCCCCCCCCCCC)OP(=O)([O-])OCC[N+](C)(C)C. The predicted molar refractivity (Wildman–Crippen MR) is 229 cm³/mol. The quantitative estimate of drug-likeness (QED) is 0.0347. The molecule has 9 heteroatoms. The van der Waals surface area contributed by atoms with Crippen molar-refractivity contribution in [1.29, 1.82) is 0 Å². The summed E-state index contributed by atoms with van der Waals surface area (Å²) in [5, 5.41) is 0. The zero-order valence-corrected chi connectivity index (χ0v) is 37.9. The van der Waals surface area contributed by atoms with Crippen LogP contribution in [0.15, 0.2) is 0 Å². The second kappa shape index (κ2) is 38.0. The number of hydrogen-bond acceptors (Lipinski definition) is 6. The normalized spacial score (nSPS) is 13.7. The zero-order valence-electron chi connectivity index (χ0n) is 37.0. The van der Waals surface area contributed by atoms with Crippen molar-refractivity contribution < 1.29 is 32.5 Å². The van der Waals surface area contributed by atoms with E-state index in [1.54, 1.807) is 11.9 Å². The molecular formula is C45H93N2O6P. The number of phosphoric ester groups is 1. The Morgan fingerprint density at radius 2 is 0.926 bits per heavy atom. The van der Waals surface area contributed by atoms with Gasteiger partial charge >= 0.3 is 0 Å². The average Bonchev–Trinajstić information content (AvgIpc) is 3.11. The van der Waals surface area contributed by atoms with E-state index in [9.17, 15) is 14.3 Å². The van der Waals surface area contributed by atoms with Gasteiger partial charge < -0.3 is 28.1 Å². The summed E-state index contributed by atoms with van der Waals surface area (Å²) >= 11 is 0. The molecule has 54 heavy (non-hydrogen) atoms. The summed E-state index contributed by atoms with van der Waals surface area (Å²) in [6, 6.07) is 0. The predicted octanol–water partition coefficient (Wildman–Crippen LogP) is 12.6. The summed E-state index contributed by atoms with van der Waals surface area (Å²) in [5.41, 5.74) is 0. The van der Waals surface area contributed by atoms with Crippen LogP contribution in [-0.2, 0) is 23.1 Å². The lowest BCUT2D eigenvalue weighted by Crippen LogP contribution is -2.39. The van der Waals surface area contributed by atoms with Crippen molar-refractivity contribution in [3.63, 3.8) is 0 Å². The number of nitrogens with zero attached hydrogens (tertiary/aromatic N) is 2. The number of carbonyl (C=O) groups is 1. The van der Waals surface area contributed by atoms with E-state index in [4.69, 9.17) is 13.8 Å². The van der Waals surface area contributed by atoms with E-state index >= 15 is 0 Å². The van der Waals surface area contributed by atoms with Crippen LogP contribution < -0.4 is 4.89 Å². The molecule has 8 nitrogen and oxygen atoms in total. The van der Waals surface area contributed by atoms with Gasteiger partial charge in [0.25, 0.3) is 7.82 Å². The minimum Gasteiger partial charge on any atom is -0.756 e. The first kappa shape index (κ1) is 53.5. The average molecular weight is 789 g/mol. The molecule has 0 aliphatic rings. The molecular weight excluding hydrogens is 695 g/mol. The number of ether oxygens (including phenoxy) is 1. The largest absolute Gasteiger partial charge is 0.756 e. The molecule has 0 heterocycles. The van der Waals surface area contributed by atoms with Crippen molar-refractivity contribution in [1.82, 2.24) is 4.90 Å². The van der Waals surface area contributed by atoms with Gasteiger partial charge in [-0.2, -0.15) is 0 Å². The number of unbranched alkanes of at least 4 members (excludes halogenated alkanes) is 29. The topological polar surface area (TPSA) is 88.1 Å². The van der Waals surface area contributed by atoms with Crippen LogP contribution in [0.5, 0.6) is 0 Å². The molecule has 0 radical (unpaired) electrons. The Morgan fingerprint density at radius 3 is 1.30 bits per heavy atom. The highest BCUT2D eigenvalue weighted by Gasteiger charge is 2.23. The van der Waals surface area contributed by atoms with Crippen LogP contribution in [0.4, 0.5) is 0 Å². The van der Waals surface area contributed by atoms with Crippen LogP contribution in [-0.4, -0.2) is 82.5 Å². The van der Waals surface area contributed by atoms with Crippen molar-refractivity contribution in [2.24, 2.45) is 0 Å². The molecule has 0 bridgehead atoms. The van der Waals surface area contributed by atoms with Crippen LogP contribution in [0.2, 0.25) is 0 Å². The van der Waals surface area contributed by atoms with Crippen molar-refractivity contribution in [3.8, 4) is 0 Å². The van der Waals surface area contributed by atoms with Crippen LogP contribution in [0.1, 0.15) is 219 Å². The van der Waals surface area contributed by atoms with E-state index in [0.29, 0.717) is 24.1 Å². The molecule has 0 aliphatic carbocycles. The van der Waals surface area contributed by atoms with Crippen molar-refractivity contribution in [2.75, 3.05) is 61.1 Å². The maximum atomic E-state index is 12.9. The molecule has 1 amide bonds. The number of rotatable bonds is 43. The molecule has 0 aromatic rings. The van der Waals surface area contributed by atoms with Gasteiger partial charge in [-0.1, -0.05) is 200 Å². The van der Waals surface area contributed by atoms with Crippen molar-refractivity contribution in [3.05, 3.63) is 0 Å². The Kier molecular flexibility index (Phi) is 37.7. The zero-order chi connectivity index (χ0) is 40.0. The van der Waals surface area contributed by atoms with Gasteiger partial charge in [-0.3, -0.25) is 9.36 Å². The van der Waals surface area contributed by atoms with Crippen LogP contribution in [0.25, 0.3) is 0 Å². The molecule has 0 saturated heterocycles. The van der Waals surface area contributed by atoms with Gasteiger partial charge in [-0.25, -0.2) is 0 Å². The van der Waals surface area contributed by atoms with Gasteiger partial charge in [0.2, 0.25) is 5.91 Å². The minimum atomic E-state index is -4.55. The van der Waals surface area contributed by atoms with E-state index < -0.39 is 13.9 Å². The second-order valence-corrected chi connectivity index (χ2v) is 18.7. The lowest BCUT2D eigenvalue weighted by molar-refractivity contribution is -0.870. The van der Waals surface area contributed by atoms with Gasteiger partial charge in [-0.15, -0.1) is 0 Å². The first-order valence-electron chi connectivity index (χ1n) is 23.3. The summed E-state index contributed by atoms with van der Waals surface area (Å²) in [6.07, 6.45) is 40.1. The molecule has 0 aliphatic heterocycles. The van der Waals surface area contributed by atoms with E-state index in [1.807, 2.05) is 21.1 Å². The van der Waals surface area contributed by atoms with Gasteiger partial charge in [0, 0.05) is 26.6 Å². The van der Waals surface area contributed by atoms with Crippen molar-refractivity contribution >= 4 is 13.7 Å².